The van der Waals surface area contributed by atoms with E-state index in [1.54, 1.807) is 0 Å². The number of carboxylic acid groups (broad SMARTS) is 1. The quantitative estimate of drug-likeness (QED) is 0.291. The topological polar surface area (TPSA) is 116 Å². The molecule has 0 aliphatic heterocycles. The maximum atomic E-state index is 10.8. The van der Waals surface area contributed by atoms with Crippen LogP contribution in [0.4, 0.5) is 0 Å². The number of carbonyl (C=O) groups excluding carboxylic acids is 1. The maximum Gasteiger partial charge on any atom is 0.307 e. The molecule has 0 fully saturated rings. The summed E-state index contributed by atoms with van der Waals surface area (Å²) in [4.78, 5) is 21.5. The molecule has 0 amide bonds. The molecule has 6 nitrogen and oxygen atoms in total. The fourth-order valence-electron chi connectivity index (χ4n) is 1.07. The van der Waals surface area contributed by atoms with Crippen molar-refractivity contribution in [1.82, 2.24) is 5.32 Å². The molecule has 5 N–H and O–H groups in total. The summed E-state index contributed by atoms with van der Waals surface area (Å²) in [6.07, 6.45) is 1.07. The van der Waals surface area contributed by atoms with Gasteiger partial charge in [-0.05, 0) is 12.8 Å². The Balaban J connectivity index is 3.81. The van der Waals surface area contributed by atoms with Gasteiger partial charge in [-0.2, -0.15) is 0 Å². The fraction of sp³-hybridized carbons (Fsp3) is 0.667. The summed E-state index contributed by atoms with van der Waals surface area (Å²) in [6, 6.07) is 0. The first-order valence-electron chi connectivity index (χ1n) is 4.87. The monoisotopic (exact) mass is 247 g/mol. The molecule has 0 radical (unpaired) electrons. The second kappa shape index (κ2) is 7.98. The number of nitrogens with two attached hydrogens (primary N) is 1. The Morgan fingerprint density at radius 3 is 2.62 bits per heavy atom. The molecule has 0 heterocycles. The number of guanidine groups is 1. The Labute approximate surface area is 98.5 Å². The van der Waals surface area contributed by atoms with Crippen molar-refractivity contribution in [3.63, 3.8) is 0 Å². The number of thioether (sulfide) groups is 1. The van der Waals surface area contributed by atoms with E-state index < -0.39 is 11.9 Å². The van der Waals surface area contributed by atoms with Crippen LogP contribution in [0.3, 0.4) is 0 Å². The van der Waals surface area contributed by atoms with Gasteiger partial charge in [0.2, 0.25) is 0 Å². The minimum Gasteiger partial charge on any atom is -0.481 e. The van der Waals surface area contributed by atoms with Gasteiger partial charge < -0.3 is 16.2 Å². The third kappa shape index (κ3) is 8.10. The van der Waals surface area contributed by atoms with E-state index in [1.807, 2.05) is 0 Å². The van der Waals surface area contributed by atoms with E-state index in [9.17, 15) is 9.59 Å². The molecule has 7 heteroatoms. The van der Waals surface area contributed by atoms with E-state index in [2.05, 4.69) is 5.32 Å². The van der Waals surface area contributed by atoms with Crippen LogP contribution in [0.5, 0.6) is 0 Å². The molecule has 0 aromatic carbocycles. The van der Waals surface area contributed by atoms with Crippen molar-refractivity contribution >= 4 is 28.8 Å². The second-order valence-electron chi connectivity index (χ2n) is 3.32. The Morgan fingerprint density at radius 2 is 2.19 bits per heavy atom. The molecule has 1 unspecified atom stereocenters. The summed E-state index contributed by atoms with van der Waals surface area (Å²) in [6.45, 7) is 1.89. The lowest BCUT2D eigenvalue weighted by molar-refractivity contribution is -0.141. The molecule has 0 aliphatic rings. The van der Waals surface area contributed by atoms with Crippen LogP contribution in [0.25, 0.3) is 0 Å². The highest BCUT2D eigenvalue weighted by atomic mass is 32.2. The summed E-state index contributed by atoms with van der Waals surface area (Å²) in [5.41, 5.74) is 5.07. The second-order valence-corrected chi connectivity index (χ2v) is 4.52. The van der Waals surface area contributed by atoms with Gasteiger partial charge in [0.15, 0.2) is 11.1 Å². The zero-order valence-corrected chi connectivity index (χ0v) is 9.97. The third-order valence-electron chi connectivity index (χ3n) is 1.88. The normalized spacial score (nSPS) is 11.8. The van der Waals surface area contributed by atoms with Crippen molar-refractivity contribution in [2.45, 2.75) is 19.8 Å². The molecular weight excluding hydrogens is 230 g/mol. The van der Waals surface area contributed by atoms with Gasteiger partial charge in [0, 0.05) is 19.2 Å². The van der Waals surface area contributed by atoms with E-state index in [4.69, 9.17) is 16.2 Å². The van der Waals surface area contributed by atoms with Crippen LogP contribution in [-0.4, -0.2) is 34.4 Å². The molecule has 92 valence electrons. The minimum atomic E-state index is -0.892. The number of carbonyl (C=O) groups is 2. The summed E-state index contributed by atoms with van der Waals surface area (Å²) in [5, 5.41) is 18.3. The van der Waals surface area contributed by atoms with Gasteiger partial charge in [-0.15, -0.1) is 0 Å². The highest BCUT2D eigenvalue weighted by molar-refractivity contribution is 8.13. The fourth-order valence-corrected chi connectivity index (χ4v) is 1.81. The molecule has 0 aromatic heterocycles. The van der Waals surface area contributed by atoms with Crippen LogP contribution in [0.1, 0.15) is 19.8 Å². The molecule has 0 bridgehead atoms. The van der Waals surface area contributed by atoms with Crippen molar-refractivity contribution in [1.29, 1.82) is 5.41 Å². The SMILES string of the molecule is CC(=O)SCC(CCCNC(=N)N)C(=O)O. The summed E-state index contributed by atoms with van der Waals surface area (Å²) < 4.78 is 0. The Kier molecular flexibility index (Phi) is 7.36. The van der Waals surface area contributed by atoms with Gasteiger partial charge in [0.05, 0.1) is 5.92 Å². The average Bonchev–Trinajstić information content (AvgIpc) is 2.15. The molecule has 0 saturated heterocycles. The van der Waals surface area contributed by atoms with Crippen molar-refractivity contribution in [2.24, 2.45) is 11.7 Å². The smallest absolute Gasteiger partial charge is 0.307 e. The van der Waals surface area contributed by atoms with Gasteiger partial charge in [-0.1, -0.05) is 11.8 Å². The van der Waals surface area contributed by atoms with Gasteiger partial charge in [0.1, 0.15) is 0 Å². The van der Waals surface area contributed by atoms with Crippen LogP contribution in [0, 0.1) is 11.3 Å². The largest absolute Gasteiger partial charge is 0.481 e. The molecule has 1 atom stereocenters. The van der Waals surface area contributed by atoms with Gasteiger partial charge in [-0.25, -0.2) is 0 Å². The Bertz CT molecular complexity index is 271. The molecule has 0 aromatic rings. The summed E-state index contributed by atoms with van der Waals surface area (Å²) in [7, 11) is 0. The molecular formula is C9H17N3O3S. The van der Waals surface area contributed by atoms with E-state index in [-0.39, 0.29) is 11.1 Å². The molecule has 0 saturated carbocycles. The van der Waals surface area contributed by atoms with Crippen LogP contribution in [0.2, 0.25) is 0 Å². The van der Waals surface area contributed by atoms with Crippen LogP contribution in [0.15, 0.2) is 0 Å². The van der Waals surface area contributed by atoms with Crippen molar-refractivity contribution in [2.75, 3.05) is 12.3 Å². The van der Waals surface area contributed by atoms with Crippen molar-refractivity contribution in [3.8, 4) is 0 Å². The van der Waals surface area contributed by atoms with Gasteiger partial charge in [-0.3, -0.25) is 15.0 Å². The minimum absolute atomic E-state index is 0.0758. The number of aliphatic carboxylic acids is 1. The van der Waals surface area contributed by atoms with Gasteiger partial charge in [0.25, 0.3) is 0 Å². The Hall–Kier alpha value is -1.24. The first-order valence-corrected chi connectivity index (χ1v) is 5.86. The lowest BCUT2D eigenvalue weighted by Crippen LogP contribution is -2.31. The van der Waals surface area contributed by atoms with Crippen LogP contribution < -0.4 is 11.1 Å². The standard InChI is InChI=1S/C9H17N3O3S/c1-6(13)16-5-7(8(14)15)3-2-4-12-9(10)11/h7H,2-5H2,1H3,(H,14,15)(H4,10,11,12). The maximum absolute atomic E-state index is 10.8. The molecule has 0 aliphatic carbocycles. The lowest BCUT2D eigenvalue weighted by Gasteiger charge is -2.11. The molecule has 0 spiro atoms. The number of hydrogen-bond acceptors (Lipinski definition) is 4. The lowest BCUT2D eigenvalue weighted by atomic mass is 10.1. The molecule has 16 heavy (non-hydrogen) atoms. The Morgan fingerprint density at radius 1 is 1.56 bits per heavy atom. The number of nitrogens with one attached hydrogen (secondary N) is 2. The first kappa shape index (κ1) is 14.8. The number of rotatable bonds is 7. The number of hydrogen-bond donors (Lipinski definition) is 4. The van der Waals surface area contributed by atoms with Gasteiger partial charge >= 0.3 is 5.97 Å². The van der Waals surface area contributed by atoms with E-state index >= 15 is 0 Å². The predicted octanol–water partition coefficient (Wildman–Crippen LogP) is 0.230. The highest BCUT2D eigenvalue weighted by Crippen LogP contribution is 2.14. The van der Waals surface area contributed by atoms with E-state index in [1.165, 1.54) is 6.92 Å². The number of carboxylic acids is 1. The average molecular weight is 247 g/mol. The predicted molar refractivity (Wildman–Crippen MR) is 63.4 cm³/mol. The van der Waals surface area contributed by atoms with Crippen LogP contribution >= 0.6 is 11.8 Å². The zero-order chi connectivity index (χ0) is 12.6. The molecule has 0 rings (SSSR count). The first-order chi connectivity index (χ1) is 7.43. The van der Waals surface area contributed by atoms with E-state index in [0.717, 1.165) is 11.8 Å². The summed E-state index contributed by atoms with van der Waals surface area (Å²) in [5.74, 6) is -1.24. The van der Waals surface area contributed by atoms with E-state index in [0.29, 0.717) is 25.1 Å². The third-order valence-corrected chi connectivity index (χ3v) is 2.86. The summed E-state index contributed by atoms with van der Waals surface area (Å²) >= 11 is 1.02. The van der Waals surface area contributed by atoms with Crippen LogP contribution in [-0.2, 0) is 9.59 Å². The zero-order valence-electron chi connectivity index (χ0n) is 9.16. The van der Waals surface area contributed by atoms with Crippen molar-refractivity contribution < 1.29 is 14.7 Å². The van der Waals surface area contributed by atoms with Crippen molar-refractivity contribution in [3.05, 3.63) is 0 Å². The highest BCUT2D eigenvalue weighted by Gasteiger charge is 2.17.